The van der Waals surface area contributed by atoms with Crippen molar-refractivity contribution in [2.24, 2.45) is 0 Å². The highest BCUT2D eigenvalue weighted by Crippen LogP contribution is 2.44. The van der Waals surface area contributed by atoms with Gasteiger partial charge in [-0.1, -0.05) is 83.4 Å². The Hall–Kier alpha value is -3.45. The van der Waals surface area contributed by atoms with Crippen molar-refractivity contribution in [2.45, 2.75) is 19.9 Å². The minimum absolute atomic E-state index is 0.00281. The number of rotatable bonds is 5. The van der Waals surface area contributed by atoms with E-state index in [0.717, 1.165) is 11.1 Å². The van der Waals surface area contributed by atoms with Crippen LogP contribution >= 0.6 is 34.5 Å². The van der Waals surface area contributed by atoms with Gasteiger partial charge < -0.3 is 5.11 Å². The minimum Gasteiger partial charge on any atom is -0.503 e. The third-order valence-corrected chi connectivity index (χ3v) is 7.96. The molecular weight excluding hydrogens is 515 g/mol. The molecular formula is C28H20Cl2N2O3S. The number of aliphatic hydroxyl groups excluding tert-OH is 1. The summed E-state index contributed by atoms with van der Waals surface area (Å²) in [6, 6.07) is 21.0. The molecule has 3 aromatic carbocycles. The average Bonchev–Trinajstić information content (AvgIpc) is 3.38. The van der Waals surface area contributed by atoms with Gasteiger partial charge in [-0.2, -0.15) is 0 Å². The Morgan fingerprint density at radius 1 is 0.972 bits per heavy atom. The van der Waals surface area contributed by atoms with Gasteiger partial charge in [-0.25, -0.2) is 4.98 Å². The van der Waals surface area contributed by atoms with Gasteiger partial charge in [0, 0.05) is 11.3 Å². The number of aliphatic hydroxyl groups is 1. The van der Waals surface area contributed by atoms with Crippen molar-refractivity contribution in [2.75, 3.05) is 4.90 Å². The highest BCUT2D eigenvalue weighted by Gasteiger charge is 2.45. The lowest BCUT2D eigenvalue weighted by atomic mass is 9.94. The van der Waals surface area contributed by atoms with Crippen LogP contribution < -0.4 is 4.90 Å². The molecule has 180 valence electrons. The van der Waals surface area contributed by atoms with E-state index in [1.165, 1.54) is 16.2 Å². The minimum atomic E-state index is -0.858. The van der Waals surface area contributed by atoms with Crippen LogP contribution in [0.5, 0.6) is 0 Å². The molecule has 5 rings (SSSR count). The second-order valence-corrected chi connectivity index (χ2v) is 10.3. The zero-order valence-electron chi connectivity index (χ0n) is 19.3. The fourth-order valence-electron chi connectivity index (χ4n) is 4.33. The summed E-state index contributed by atoms with van der Waals surface area (Å²) >= 11 is 13.6. The summed E-state index contributed by atoms with van der Waals surface area (Å²) in [6.07, 6.45) is 0. The maximum absolute atomic E-state index is 14.0. The lowest BCUT2D eigenvalue weighted by Gasteiger charge is -2.27. The number of amides is 1. The van der Waals surface area contributed by atoms with Crippen molar-refractivity contribution in [3.63, 3.8) is 0 Å². The summed E-state index contributed by atoms with van der Waals surface area (Å²) in [5.74, 6) is -1.72. The van der Waals surface area contributed by atoms with Crippen LogP contribution in [0.1, 0.15) is 32.5 Å². The van der Waals surface area contributed by atoms with Gasteiger partial charge in [-0.15, -0.1) is 11.3 Å². The highest BCUT2D eigenvalue weighted by molar-refractivity contribution is 7.17. The fraction of sp³-hybridized carbons (Fsp3) is 0.107. The fourth-order valence-corrected chi connectivity index (χ4v) is 5.65. The van der Waals surface area contributed by atoms with E-state index in [9.17, 15) is 14.7 Å². The molecule has 0 fully saturated rings. The van der Waals surface area contributed by atoms with Gasteiger partial charge in [0.2, 0.25) is 5.78 Å². The molecule has 4 aromatic rings. The first kappa shape index (κ1) is 24.3. The quantitative estimate of drug-likeness (QED) is 0.269. The number of hydrogen-bond acceptors (Lipinski definition) is 5. The van der Waals surface area contributed by atoms with E-state index in [0.29, 0.717) is 31.9 Å². The molecule has 2 heterocycles. The van der Waals surface area contributed by atoms with Crippen LogP contribution in [0.15, 0.2) is 84.1 Å². The average molecular weight is 535 g/mol. The van der Waals surface area contributed by atoms with Crippen molar-refractivity contribution >= 4 is 51.9 Å². The maximum Gasteiger partial charge on any atom is 0.294 e. The molecule has 0 bridgehead atoms. The summed E-state index contributed by atoms with van der Waals surface area (Å²) in [6.45, 7) is 3.68. The second kappa shape index (κ2) is 9.54. The van der Waals surface area contributed by atoms with Crippen molar-refractivity contribution in [1.82, 2.24) is 4.98 Å². The molecule has 5 nitrogen and oxygen atoms in total. The van der Waals surface area contributed by atoms with Crippen LogP contribution in [0.3, 0.4) is 0 Å². The molecule has 0 saturated heterocycles. The molecule has 1 aromatic heterocycles. The molecule has 1 N–H and O–H groups in total. The zero-order chi connectivity index (χ0) is 25.6. The highest BCUT2D eigenvalue weighted by atomic mass is 35.5. The number of aryl methyl sites for hydroxylation is 2. The van der Waals surface area contributed by atoms with E-state index in [1.54, 1.807) is 25.1 Å². The van der Waals surface area contributed by atoms with Gasteiger partial charge >= 0.3 is 0 Å². The van der Waals surface area contributed by atoms with Crippen molar-refractivity contribution in [1.29, 1.82) is 0 Å². The van der Waals surface area contributed by atoms with Gasteiger partial charge in [0.1, 0.15) is 5.01 Å². The molecule has 1 unspecified atom stereocenters. The molecule has 0 spiro atoms. The van der Waals surface area contributed by atoms with E-state index < -0.39 is 23.5 Å². The van der Waals surface area contributed by atoms with Crippen molar-refractivity contribution < 1.29 is 14.7 Å². The number of nitrogens with zero attached hydrogens (tertiary/aromatic N) is 2. The van der Waals surface area contributed by atoms with E-state index in [-0.39, 0.29) is 10.6 Å². The van der Waals surface area contributed by atoms with Gasteiger partial charge in [-0.3, -0.25) is 14.5 Å². The monoisotopic (exact) mass is 534 g/mol. The number of aromatic nitrogens is 1. The Morgan fingerprint density at radius 2 is 1.72 bits per heavy atom. The predicted octanol–water partition coefficient (Wildman–Crippen LogP) is 7.52. The predicted molar refractivity (Wildman–Crippen MR) is 144 cm³/mol. The normalized spacial score (nSPS) is 15.6. The SMILES string of the molecule is Cc1cccc(C2C(C(=O)c3sc(-c4ccccc4)nc3C)=C(O)C(=O)N2c2ccc(Cl)c(Cl)c2)c1. The third-order valence-electron chi connectivity index (χ3n) is 6.02. The third kappa shape index (κ3) is 4.22. The number of thiazole rings is 1. The molecule has 36 heavy (non-hydrogen) atoms. The van der Waals surface area contributed by atoms with Crippen LogP contribution in [-0.2, 0) is 4.79 Å². The van der Waals surface area contributed by atoms with Gasteiger partial charge in [0.25, 0.3) is 5.91 Å². The molecule has 0 saturated carbocycles. The van der Waals surface area contributed by atoms with Crippen molar-refractivity contribution in [3.05, 3.63) is 116 Å². The summed E-state index contributed by atoms with van der Waals surface area (Å²) in [4.78, 5) is 33.7. The molecule has 1 atom stereocenters. The Kier molecular flexibility index (Phi) is 6.43. The van der Waals surface area contributed by atoms with Crippen LogP contribution in [-0.4, -0.2) is 21.8 Å². The topological polar surface area (TPSA) is 70.5 Å². The first-order chi connectivity index (χ1) is 17.3. The number of carbonyl (C=O) groups is 2. The Balaban J connectivity index is 1.65. The van der Waals surface area contributed by atoms with Gasteiger partial charge in [-0.05, 0) is 37.6 Å². The molecule has 0 aliphatic carbocycles. The number of halogens is 2. The van der Waals surface area contributed by atoms with Crippen LogP contribution in [0.25, 0.3) is 10.6 Å². The van der Waals surface area contributed by atoms with E-state index in [4.69, 9.17) is 23.2 Å². The van der Waals surface area contributed by atoms with Crippen molar-refractivity contribution in [3.8, 4) is 10.6 Å². The second-order valence-electron chi connectivity index (χ2n) is 8.48. The van der Waals surface area contributed by atoms with E-state index in [2.05, 4.69) is 4.98 Å². The molecule has 1 aliphatic rings. The summed E-state index contributed by atoms with van der Waals surface area (Å²) in [5, 5.41) is 12.3. The summed E-state index contributed by atoms with van der Waals surface area (Å²) in [7, 11) is 0. The Labute approximate surface area is 222 Å². The van der Waals surface area contributed by atoms with Crippen LogP contribution in [0.4, 0.5) is 5.69 Å². The van der Waals surface area contributed by atoms with Gasteiger partial charge in [0.15, 0.2) is 5.76 Å². The number of benzene rings is 3. The number of anilines is 1. The summed E-state index contributed by atoms with van der Waals surface area (Å²) < 4.78 is 0. The Bertz CT molecular complexity index is 1550. The molecule has 1 aliphatic heterocycles. The van der Waals surface area contributed by atoms with Crippen LogP contribution in [0, 0.1) is 13.8 Å². The number of Topliss-reactive ketones (excluding diaryl/α,β-unsaturated/α-hetero) is 1. The number of hydrogen-bond donors (Lipinski definition) is 1. The standard InChI is InChI=1S/C28H20Cl2N2O3S/c1-15-7-6-10-18(13-15)23-22(25(34)28(35)32(23)19-11-12-20(29)21(30)14-19)24(33)26-16(2)31-27(36-26)17-8-4-3-5-9-17/h3-14,23,34H,1-2H3. The smallest absolute Gasteiger partial charge is 0.294 e. The van der Waals surface area contributed by atoms with E-state index >= 15 is 0 Å². The molecule has 8 heteroatoms. The first-order valence-electron chi connectivity index (χ1n) is 11.1. The van der Waals surface area contributed by atoms with E-state index in [1.807, 2.05) is 61.5 Å². The number of ketones is 1. The summed E-state index contributed by atoms with van der Waals surface area (Å²) in [5.41, 5.74) is 3.48. The largest absolute Gasteiger partial charge is 0.503 e. The van der Waals surface area contributed by atoms with Crippen LogP contribution in [0.2, 0.25) is 10.0 Å². The lowest BCUT2D eigenvalue weighted by Crippen LogP contribution is -2.31. The Morgan fingerprint density at radius 3 is 2.42 bits per heavy atom. The molecule has 1 amide bonds. The van der Waals surface area contributed by atoms with Gasteiger partial charge in [0.05, 0.1) is 32.2 Å². The first-order valence-corrected chi connectivity index (χ1v) is 12.7. The molecule has 0 radical (unpaired) electrons. The number of carbonyl (C=O) groups excluding carboxylic acids is 2. The lowest BCUT2D eigenvalue weighted by molar-refractivity contribution is -0.117. The maximum atomic E-state index is 14.0. The zero-order valence-corrected chi connectivity index (χ0v) is 21.7.